The average molecular weight is 250 g/mol. The summed E-state index contributed by atoms with van der Waals surface area (Å²) in [5.74, 6) is 0.558. The molecule has 0 bridgehead atoms. The van der Waals surface area contributed by atoms with Crippen molar-refractivity contribution in [2.45, 2.75) is 32.2 Å². The predicted octanol–water partition coefficient (Wildman–Crippen LogP) is 0.438. The van der Waals surface area contributed by atoms with Gasteiger partial charge in [-0.2, -0.15) is 0 Å². The van der Waals surface area contributed by atoms with E-state index >= 15 is 0 Å². The third-order valence-electron chi connectivity index (χ3n) is 2.43. The maximum Gasteiger partial charge on any atom is 0.166 e. The van der Waals surface area contributed by atoms with Gasteiger partial charge in [-0.1, -0.05) is 6.92 Å². The molecule has 0 aromatic heterocycles. The van der Waals surface area contributed by atoms with Crippen LogP contribution in [0.4, 0.5) is 0 Å². The lowest BCUT2D eigenvalue weighted by molar-refractivity contribution is 0.518. The van der Waals surface area contributed by atoms with Crippen LogP contribution in [0.1, 0.15) is 26.2 Å². The van der Waals surface area contributed by atoms with E-state index < -0.39 is 9.84 Å². The molecule has 0 unspecified atom stereocenters. The van der Waals surface area contributed by atoms with E-state index in [4.69, 9.17) is 12.2 Å². The van der Waals surface area contributed by atoms with Crippen LogP contribution in [0.25, 0.3) is 0 Å². The number of nitrogens with one attached hydrogen (secondary N) is 2. The summed E-state index contributed by atoms with van der Waals surface area (Å²) in [6.45, 7) is 2.93. The van der Waals surface area contributed by atoms with Crippen LogP contribution in [-0.2, 0) is 9.84 Å². The molecule has 0 spiro atoms. The van der Waals surface area contributed by atoms with E-state index in [0.29, 0.717) is 18.0 Å². The molecule has 0 aromatic carbocycles. The first-order chi connectivity index (χ1) is 7.03. The van der Waals surface area contributed by atoms with Gasteiger partial charge in [0.2, 0.25) is 0 Å². The molecule has 1 saturated heterocycles. The minimum atomic E-state index is -2.77. The van der Waals surface area contributed by atoms with Crippen LogP contribution in [0.3, 0.4) is 0 Å². The standard InChI is InChI=1S/C9H18N2O2S2/c1-2-5-10-9(14)11-8-3-6-15(12,13)7-4-8/h8H,2-7H2,1H3,(H2,10,11,14). The zero-order valence-electron chi connectivity index (χ0n) is 8.95. The molecule has 0 aliphatic carbocycles. The van der Waals surface area contributed by atoms with Crippen molar-refractivity contribution in [1.82, 2.24) is 10.6 Å². The first-order valence-corrected chi connectivity index (χ1v) is 7.51. The molecule has 1 aliphatic rings. The first kappa shape index (κ1) is 12.7. The summed E-state index contributed by atoms with van der Waals surface area (Å²) in [4.78, 5) is 0. The second-order valence-corrected chi connectivity index (χ2v) is 6.54. The molecule has 88 valence electrons. The predicted molar refractivity (Wildman–Crippen MR) is 65.7 cm³/mol. The Balaban J connectivity index is 2.26. The van der Waals surface area contributed by atoms with E-state index in [1.807, 2.05) is 0 Å². The van der Waals surface area contributed by atoms with Gasteiger partial charge in [0.05, 0.1) is 11.5 Å². The highest BCUT2D eigenvalue weighted by Gasteiger charge is 2.23. The van der Waals surface area contributed by atoms with Crippen LogP contribution >= 0.6 is 12.2 Å². The first-order valence-electron chi connectivity index (χ1n) is 5.28. The van der Waals surface area contributed by atoms with Gasteiger partial charge in [0, 0.05) is 12.6 Å². The van der Waals surface area contributed by atoms with Gasteiger partial charge in [-0.05, 0) is 31.5 Å². The van der Waals surface area contributed by atoms with E-state index in [9.17, 15) is 8.42 Å². The second-order valence-electron chi connectivity index (χ2n) is 3.83. The summed E-state index contributed by atoms with van der Waals surface area (Å²) in [6, 6.07) is 0.213. The summed E-state index contributed by atoms with van der Waals surface area (Å²) >= 11 is 5.09. The zero-order chi connectivity index (χ0) is 11.3. The third-order valence-corrected chi connectivity index (χ3v) is 4.40. The maximum atomic E-state index is 11.2. The average Bonchev–Trinajstić information content (AvgIpc) is 2.18. The van der Waals surface area contributed by atoms with Crippen molar-refractivity contribution in [3.63, 3.8) is 0 Å². The van der Waals surface area contributed by atoms with E-state index in [-0.39, 0.29) is 17.5 Å². The van der Waals surface area contributed by atoms with Gasteiger partial charge in [-0.25, -0.2) is 8.42 Å². The largest absolute Gasteiger partial charge is 0.363 e. The SMILES string of the molecule is CCCNC(=S)NC1CCS(=O)(=O)CC1. The van der Waals surface area contributed by atoms with Crippen LogP contribution in [0.15, 0.2) is 0 Å². The normalized spacial score (nSPS) is 20.9. The summed E-state index contributed by atoms with van der Waals surface area (Å²) < 4.78 is 22.4. The summed E-state index contributed by atoms with van der Waals surface area (Å²) in [7, 11) is -2.77. The van der Waals surface area contributed by atoms with Crippen molar-refractivity contribution >= 4 is 27.2 Å². The lowest BCUT2D eigenvalue weighted by atomic mass is 10.2. The zero-order valence-corrected chi connectivity index (χ0v) is 10.6. The van der Waals surface area contributed by atoms with E-state index in [0.717, 1.165) is 13.0 Å². The Hall–Kier alpha value is -0.360. The Morgan fingerprint density at radius 3 is 2.53 bits per heavy atom. The van der Waals surface area contributed by atoms with Gasteiger partial charge >= 0.3 is 0 Å². The summed E-state index contributed by atoms with van der Waals surface area (Å²) in [5.41, 5.74) is 0. The maximum absolute atomic E-state index is 11.2. The molecular formula is C9H18N2O2S2. The minimum Gasteiger partial charge on any atom is -0.363 e. The van der Waals surface area contributed by atoms with Crippen molar-refractivity contribution in [3.05, 3.63) is 0 Å². The molecule has 4 nitrogen and oxygen atoms in total. The Bertz CT molecular complexity index is 300. The highest BCUT2D eigenvalue weighted by Crippen LogP contribution is 2.11. The smallest absolute Gasteiger partial charge is 0.166 e. The van der Waals surface area contributed by atoms with Crippen molar-refractivity contribution in [1.29, 1.82) is 0 Å². The molecule has 0 radical (unpaired) electrons. The fraction of sp³-hybridized carbons (Fsp3) is 0.889. The Morgan fingerprint density at radius 2 is 2.00 bits per heavy atom. The van der Waals surface area contributed by atoms with Gasteiger partial charge in [-0.15, -0.1) is 0 Å². The van der Waals surface area contributed by atoms with Crippen molar-refractivity contribution < 1.29 is 8.42 Å². The molecule has 2 N–H and O–H groups in total. The van der Waals surface area contributed by atoms with E-state index in [1.54, 1.807) is 0 Å². The van der Waals surface area contributed by atoms with Gasteiger partial charge < -0.3 is 10.6 Å². The molecule has 0 atom stereocenters. The number of rotatable bonds is 3. The Labute approximate surface area is 96.7 Å². The van der Waals surface area contributed by atoms with E-state index in [1.165, 1.54) is 0 Å². The Kier molecular flexibility index (Phi) is 4.79. The van der Waals surface area contributed by atoms with Crippen LogP contribution in [0, 0.1) is 0 Å². The quantitative estimate of drug-likeness (QED) is 0.712. The molecule has 1 fully saturated rings. The Morgan fingerprint density at radius 1 is 1.40 bits per heavy atom. The molecule has 0 saturated carbocycles. The van der Waals surface area contributed by atoms with Crippen molar-refractivity contribution in [2.24, 2.45) is 0 Å². The van der Waals surface area contributed by atoms with Crippen LogP contribution in [-0.4, -0.2) is 37.6 Å². The molecule has 0 amide bonds. The minimum absolute atomic E-state index is 0.213. The molecule has 6 heteroatoms. The highest BCUT2D eigenvalue weighted by molar-refractivity contribution is 7.91. The molecular weight excluding hydrogens is 232 g/mol. The van der Waals surface area contributed by atoms with Gasteiger partial charge in [0.15, 0.2) is 5.11 Å². The molecule has 0 aromatic rings. The molecule has 1 rings (SSSR count). The van der Waals surface area contributed by atoms with Gasteiger partial charge in [-0.3, -0.25) is 0 Å². The summed E-state index contributed by atoms with van der Waals surface area (Å²) in [6.07, 6.45) is 2.35. The topological polar surface area (TPSA) is 58.2 Å². The lowest BCUT2D eigenvalue weighted by Gasteiger charge is -2.24. The van der Waals surface area contributed by atoms with Crippen molar-refractivity contribution in [3.8, 4) is 0 Å². The molecule has 1 heterocycles. The number of hydrogen-bond acceptors (Lipinski definition) is 3. The van der Waals surface area contributed by atoms with Crippen LogP contribution in [0.5, 0.6) is 0 Å². The van der Waals surface area contributed by atoms with Gasteiger partial charge in [0.1, 0.15) is 9.84 Å². The van der Waals surface area contributed by atoms with E-state index in [2.05, 4.69) is 17.6 Å². The van der Waals surface area contributed by atoms with Crippen LogP contribution in [0.2, 0.25) is 0 Å². The highest BCUT2D eigenvalue weighted by atomic mass is 32.2. The second kappa shape index (κ2) is 5.65. The molecule has 15 heavy (non-hydrogen) atoms. The fourth-order valence-electron chi connectivity index (χ4n) is 1.51. The lowest BCUT2D eigenvalue weighted by Crippen LogP contribution is -2.45. The monoisotopic (exact) mass is 250 g/mol. The third kappa shape index (κ3) is 4.79. The molecule has 1 aliphatic heterocycles. The van der Waals surface area contributed by atoms with Crippen LogP contribution < -0.4 is 10.6 Å². The number of sulfone groups is 1. The number of thiocarbonyl (C=S) groups is 1. The number of hydrogen-bond donors (Lipinski definition) is 2. The summed E-state index contributed by atoms with van der Waals surface area (Å²) in [5, 5.41) is 6.86. The fourth-order valence-corrected chi connectivity index (χ4v) is 3.27. The van der Waals surface area contributed by atoms with Gasteiger partial charge in [0.25, 0.3) is 0 Å². The van der Waals surface area contributed by atoms with Crippen molar-refractivity contribution in [2.75, 3.05) is 18.1 Å².